The average molecular weight is 262 g/mol. The molecule has 0 bridgehead atoms. The summed E-state index contributed by atoms with van der Waals surface area (Å²) in [6, 6.07) is 0. The van der Waals surface area contributed by atoms with Crippen molar-refractivity contribution in [2.45, 2.75) is 50.4 Å². The van der Waals surface area contributed by atoms with Gasteiger partial charge in [0.05, 0.1) is 11.6 Å². The van der Waals surface area contributed by atoms with E-state index in [0.717, 1.165) is 25.7 Å². The third-order valence-electron chi connectivity index (χ3n) is 3.62. The van der Waals surface area contributed by atoms with Gasteiger partial charge >= 0.3 is 0 Å². The molecular weight excluding hydrogens is 242 g/mol. The van der Waals surface area contributed by atoms with Crippen LogP contribution in [0.25, 0.3) is 0 Å². The highest BCUT2D eigenvalue weighted by Gasteiger charge is 2.37. The summed E-state index contributed by atoms with van der Waals surface area (Å²) in [5, 5.41) is 3.07. The van der Waals surface area contributed by atoms with Crippen molar-refractivity contribution in [1.82, 2.24) is 5.32 Å². The van der Waals surface area contributed by atoms with Gasteiger partial charge in [-0.2, -0.15) is 0 Å². The van der Waals surface area contributed by atoms with E-state index in [1.165, 1.54) is 0 Å². The summed E-state index contributed by atoms with van der Waals surface area (Å²) in [7, 11) is 0. The fourth-order valence-electron chi connectivity index (χ4n) is 2.39. The Hall–Kier alpha value is -0.320. The molecular formula is C12H20ClNO3. The number of carbonyl (C=O) groups excluding carboxylic acids is 1. The van der Waals surface area contributed by atoms with Gasteiger partial charge in [0.15, 0.2) is 0 Å². The van der Waals surface area contributed by atoms with E-state index in [1.807, 2.05) is 6.92 Å². The number of alkyl halides is 1. The molecule has 4 nitrogen and oxygen atoms in total. The largest absolute Gasteiger partial charge is 0.381 e. The molecule has 1 amide bonds. The highest BCUT2D eigenvalue weighted by molar-refractivity contribution is 6.18. The first-order valence-corrected chi connectivity index (χ1v) is 6.80. The van der Waals surface area contributed by atoms with Crippen LogP contribution < -0.4 is 5.32 Å². The predicted octanol–water partition coefficient (Wildman–Crippen LogP) is 1.46. The number of halogens is 1. The maximum atomic E-state index is 12.1. The molecule has 0 radical (unpaired) electrons. The minimum atomic E-state index is -0.300. The van der Waals surface area contributed by atoms with Crippen molar-refractivity contribution in [3.63, 3.8) is 0 Å². The monoisotopic (exact) mass is 261 g/mol. The Morgan fingerprint density at radius 3 is 2.65 bits per heavy atom. The van der Waals surface area contributed by atoms with Gasteiger partial charge in [-0.05, 0) is 32.6 Å². The molecule has 2 saturated heterocycles. The van der Waals surface area contributed by atoms with Gasteiger partial charge in [0.25, 0.3) is 0 Å². The summed E-state index contributed by atoms with van der Waals surface area (Å²) < 4.78 is 10.9. The van der Waals surface area contributed by atoms with E-state index in [0.29, 0.717) is 19.1 Å². The van der Waals surface area contributed by atoms with Crippen LogP contribution in [-0.4, -0.2) is 42.7 Å². The predicted molar refractivity (Wildman–Crippen MR) is 65.2 cm³/mol. The lowest BCUT2D eigenvalue weighted by atomic mass is 9.92. The third kappa shape index (κ3) is 3.12. The van der Waals surface area contributed by atoms with Gasteiger partial charge in [-0.3, -0.25) is 4.79 Å². The van der Waals surface area contributed by atoms with Crippen LogP contribution in [-0.2, 0) is 14.3 Å². The molecule has 0 aromatic rings. The zero-order valence-corrected chi connectivity index (χ0v) is 11.0. The maximum Gasteiger partial charge on any atom is 0.249 e. The Morgan fingerprint density at radius 2 is 2.12 bits per heavy atom. The number of carbonyl (C=O) groups is 1. The molecule has 2 fully saturated rings. The first kappa shape index (κ1) is 13.1. The molecule has 1 N–H and O–H groups in total. The van der Waals surface area contributed by atoms with Crippen molar-refractivity contribution in [2.75, 3.05) is 19.1 Å². The smallest absolute Gasteiger partial charge is 0.249 e. The number of amides is 1. The molecule has 98 valence electrons. The van der Waals surface area contributed by atoms with Crippen LogP contribution >= 0.6 is 11.6 Å². The van der Waals surface area contributed by atoms with E-state index in [-0.39, 0.29) is 23.7 Å². The van der Waals surface area contributed by atoms with Gasteiger partial charge in [-0.25, -0.2) is 0 Å². The summed E-state index contributed by atoms with van der Waals surface area (Å²) in [5.41, 5.74) is -0.300. The van der Waals surface area contributed by atoms with E-state index in [2.05, 4.69) is 5.32 Å². The van der Waals surface area contributed by atoms with Crippen LogP contribution in [0.15, 0.2) is 0 Å². The summed E-state index contributed by atoms with van der Waals surface area (Å²) in [4.78, 5) is 12.1. The van der Waals surface area contributed by atoms with Crippen molar-refractivity contribution >= 4 is 17.5 Å². The molecule has 5 heteroatoms. The molecule has 2 atom stereocenters. The number of ether oxygens (including phenoxy) is 2. The molecule has 0 saturated carbocycles. The van der Waals surface area contributed by atoms with Crippen molar-refractivity contribution in [3.8, 4) is 0 Å². The molecule has 2 rings (SSSR count). The zero-order valence-electron chi connectivity index (χ0n) is 10.2. The van der Waals surface area contributed by atoms with Crippen molar-refractivity contribution < 1.29 is 14.3 Å². The number of rotatable bonds is 3. The van der Waals surface area contributed by atoms with E-state index < -0.39 is 0 Å². The summed E-state index contributed by atoms with van der Waals surface area (Å²) in [6.45, 7) is 3.32. The lowest BCUT2D eigenvalue weighted by molar-refractivity contribution is -0.134. The maximum absolute atomic E-state index is 12.1. The van der Waals surface area contributed by atoms with Gasteiger partial charge in [-0.15, -0.1) is 11.6 Å². The van der Waals surface area contributed by atoms with Gasteiger partial charge < -0.3 is 14.8 Å². The molecule has 2 aliphatic heterocycles. The molecule has 2 aliphatic rings. The lowest BCUT2D eigenvalue weighted by Crippen LogP contribution is -2.55. The number of nitrogens with one attached hydrogen (secondary N) is 1. The Kier molecular flexibility index (Phi) is 4.28. The lowest BCUT2D eigenvalue weighted by Gasteiger charge is -2.37. The van der Waals surface area contributed by atoms with E-state index in [1.54, 1.807) is 0 Å². The molecule has 2 unspecified atom stereocenters. The van der Waals surface area contributed by atoms with E-state index in [9.17, 15) is 4.79 Å². The normalized spacial score (nSPS) is 32.4. The second-order valence-electron chi connectivity index (χ2n) is 5.03. The molecule has 0 spiro atoms. The summed E-state index contributed by atoms with van der Waals surface area (Å²) in [6.07, 6.45) is 3.21. The van der Waals surface area contributed by atoms with Gasteiger partial charge in [-0.1, -0.05) is 0 Å². The van der Waals surface area contributed by atoms with Crippen molar-refractivity contribution in [1.29, 1.82) is 0 Å². The second-order valence-corrected chi connectivity index (χ2v) is 5.30. The fraction of sp³-hybridized carbons (Fsp3) is 0.917. The standard InChI is InChI=1S/C12H20ClNO3/c1-9-2-3-10(17-9)11(15)14-12(8-13)4-6-16-7-5-12/h9-10H,2-8H2,1H3,(H,14,15). The molecule has 0 aliphatic carbocycles. The van der Waals surface area contributed by atoms with Crippen LogP contribution in [0, 0.1) is 0 Å². The Bertz CT molecular complexity index is 279. The van der Waals surface area contributed by atoms with Gasteiger partial charge in [0.2, 0.25) is 5.91 Å². The van der Waals surface area contributed by atoms with Gasteiger partial charge in [0.1, 0.15) is 6.10 Å². The quantitative estimate of drug-likeness (QED) is 0.783. The highest BCUT2D eigenvalue weighted by atomic mass is 35.5. The fourth-order valence-corrected chi connectivity index (χ4v) is 2.73. The van der Waals surface area contributed by atoms with Crippen LogP contribution in [0.3, 0.4) is 0 Å². The van der Waals surface area contributed by atoms with Crippen LogP contribution in [0.2, 0.25) is 0 Å². The molecule has 2 heterocycles. The van der Waals surface area contributed by atoms with Crippen molar-refractivity contribution in [2.24, 2.45) is 0 Å². The van der Waals surface area contributed by atoms with Crippen LogP contribution in [0.5, 0.6) is 0 Å². The van der Waals surface area contributed by atoms with Gasteiger partial charge in [0, 0.05) is 19.1 Å². The zero-order chi connectivity index (χ0) is 12.3. The minimum Gasteiger partial charge on any atom is -0.381 e. The van der Waals surface area contributed by atoms with Crippen molar-refractivity contribution in [3.05, 3.63) is 0 Å². The van der Waals surface area contributed by atoms with Crippen LogP contribution in [0.1, 0.15) is 32.6 Å². The summed E-state index contributed by atoms with van der Waals surface area (Å²) >= 11 is 6.01. The SMILES string of the molecule is CC1CCC(C(=O)NC2(CCl)CCOCC2)O1. The first-order valence-electron chi connectivity index (χ1n) is 6.26. The molecule has 17 heavy (non-hydrogen) atoms. The average Bonchev–Trinajstić information content (AvgIpc) is 2.77. The highest BCUT2D eigenvalue weighted by Crippen LogP contribution is 2.25. The molecule has 0 aromatic carbocycles. The molecule has 0 aromatic heterocycles. The topological polar surface area (TPSA) is 47.6 Å². The summed E-state index contributed by atoms with van der Waals surface area (Å²) in [5.74, 6) is 0.418. The minimum absolute atomic E-state index is 0.0168. The van der Waals surface area contributed by atoms with E-state index in [4.69, 9.17) is 21.1 Å². The number of hydrogen-bond donors (Lipinski definition) is 1. The third-order valence-corrected chi connectivity index (χ3v) is 4.13. The second kappa shape index (κ2) is 5.55. The Balaban J connectivity index is 1.91. The number of hydrogen-bond acceptors (Lipinski definition) is 3. The van der Waals surface area contributed by atoms with E-state index >= 15 is 0 Å². The Morgan fingerprint density at radius 1 is 1.41 bits per heavy atom. The first-order chi connectivity index (χ1) is 8.15. The van der Waals surface area contributed by atoms with Crippen LogP contribution in [0.4, 0.5) is 0 Å². The Labute approximate surface area is 107 Å².